The van der Waals surface area contributed by atoms with Gasteiger partial charge in [0, 0.05) is 0 Å². The van der Waals surface area contributed by atoms with E-state index < -0.39 is 15.8 Å². The molecule has 0 spiro atoms. The molecule has 0 saturated carbocycles. The molecule has 7 aromatic carbocycles. The van der Waals surface area contributed by atoms with Crippen molar-refractivity contribution in [2.45, 2.75) is 0 Å². The molecule has 233 valence electrons. The molecule has 7 rings (SSSR count). The van der Waals surface area contributed by atoms with Gasteiger partial charge >= 0.3 is 64.1 Å². The second-order valence-corrected chi connectivity index (χ2v) is 15.7. The summed E-state index contributed by atoms with van der Waals surface area (Å²) in [6.07, 6.45) is 0.830. The third kappa shape index (κ3) is 10.4. The zero-order valence-electron chi connectivity index (χ0n) is 25.8. The van der Waals surface area contributed by atoms with Crippen LogP contribution in [0, 0.1) is 0 Å². The van der Waals surface area contributed by atoms with Crippen molar-refractivity contribution in [3.63, 3.8) is 0 Å². The molecule has 0 amide bonds. The van der Waals surface area contributed by atoms with Gasteiger partial charge in [-0.25, -0.2) is 0 Å². The molecule has 0 unspecified atom stereocenters. The Morgan fingerprint density at radius 3 is 0.723 bits per heavy atom. The van der Waals surface area contributed by atoms with Crippen LogP contribution in [0.1, 0.15) is 10.4 Å². The molecule has 4 heteroatoms. The van der Waals surface area contributed by atoms with Gasteiger partial charge in [-0.15, -0.1) is 0 Å². The van der Waals surface area contributed by atoms with Crippen molar-refractivity contribution in [1.29, 1.82) is 0 Å². The average molecular weight is 736 g/mol. The van der Waals surface area contributed by atoms with Crippen LogP contribution in [0.25, 0.3) is 0 Å². The van der Waals surface area contributed by atoms with E-state index in [0.29, 0.717) is 5.56 Å². The van der Waals surface area contributed by atoms with Crippen molar-refractivity contribution in [2.75, 3.05) is 0 Å². The molecule has 0 bridgehead atoms. The fourth-order valence-corrected chi connectivity index (χ4v) is 9.76. The number of carbonyl (C=O) groups is 1. The zero-order valence-corrected chi connectivity index (χ0v) is 29.2. The summed E-state index contributed by atoms with van der Waals surface area (Å²) in [5, 5.41) is 8.39. The van der Waals surface area contributed by atoms with Gasteiger partial charge in [0.1, 0.15) is 0 Å². The molecule has 0 N–H and O–H groups in total. The summed E-state index contributed by atoms with van der Waals surface area (Å²) in [7, 11) is -0.892. The Morgan fingerprint density at radius 1 is 0.319 bits per heavy atom. The molecule has 0 aliphatic rings. The van der Waals surface area contributed by atoms with Crippen molar-refractivity contribution in [2.24, 2.45) is 0 Å². The van der Waals surface area contributed by atoms with E-state index in [2.05, 4.69) is 201 Å². The van der Waals surface area contributed by atoms with Crippen LogP contribution in [0.15, 0.2) is 206 Å². The summed E-state index contributed by atoms with van der Waals surface area (Å²) in [6.45, 7) is 0. The fourth-order valence-electron chi connectivity index (χ4n) is 4.89. The van der Waals surface area contributed by atoms with Crippen LogP contribution in [-0.2, 0) is 19.2 Å². The third-order valence-corrected chi connectivity index (χ3v) is 12.5. The number of hydrogen-bond donors (Lipinski definition) is 0. The Morgan fingerprint density at radius 2 is 0.532 bits per heavy atom. The Kier molecular flexibility index (Phi) is 13.6. The molecule has 1 nitrogen and oxygen atoms in total. The summed E-state index contributed by atoms with van der Waals surface area (Å²) in [5.74, 6) is 0. The van der Waals surface area contributed by atoms with Crippen molar-refractivity contribution in [3.05, 3.63) is 212 Å². The number of benzene rings is 7. The van der Waals surface area contributed by atoms with Crippen molar-refractivity contribution in [1.82, 2.24) is 0 Å². The SMILES string of the molecule is O=Cc1cc[c]([Pd])cc1.c1ccc(P(c2ccccc2)c2ccccc2)cc1.c1ccc(P(c2ccccc2)c2ccccc2)cc1. The van der Waals surface area contributed by atoms with E-state index in [0.717, 1.165) is 10.3 Å². The van der Waals surface area contributed by atoms with Gasteiger partial charge in [0.05, 0.1) is 0 Å². The van der Waals surface area contributed by atoms with Gasteiger partial charge in [0.25, 0.3) is 0 Å². The van der Waals surface area contributed by atoms with Gasteiger partial charge < -0.3 is 0 Å². The van der Waals surface area contributed by atoms with Crippen molar-refractivity contribution in [3.8, 4) is 0 Å². The van der Waals surface area contributed by atoms with Crippen LogP contribution in [0.4, 0.5) is 0 Å². The van der Waals surface area contributed by atoms with Crippen molar-refractivity contribution < 1.29 is 24.0 Å². The van der Waals surface area contributed by atoms with E-state index in [9.17, 15) is 4.79 Å². The smallest absolute Gasteiger partial charge is 0.0134 e. The molecule has 0 aromatic heterocycles. The topological polar surface area (TPSA) is 17.1 Å². The second-order valence-electron chi connectivity index (χ2n) is 10.3. The Balaban J connectivity index is 0.000000148. The van der Waals surface area contributed by atoms with Crippen LogP contribution in [0.5, 0.6) is 0 Å². The Bertz CT molecular complexity index is 1560. The molecule has 7 aromatic rings. The van der Waals surface area contributed by atoms with E-state index >= 15 is 0 Å². The van der Waals surface area contributed by atoms with E-state index in [1.807, 2.05) is 12.1 Å². The zero-order chi connectivity index (χ0) is 32.5. The molecule has 0 heterocycles. The number of aldehydes is 1. The van der Waals surface area contributed by atoms with Gasteiger partial charge in [-0.2, -0.15) is 0 Å². The predicted octanol–water partition coefficient (Wildman–Crippen LogP) is 7.56. The van der Waals surface area contributed by atoms with E-state index in [-0.39, 0.29) is 0 Å². The number of rotatable bonds is 7. The van der Waals surface area contributed by atoms with Gasteiger partial charge in [-0.3, -0.25) is 0 Å². The fraction of sp³-hybridized carbons (Fsp3) is 0. The van der Waals surface area contributed by atoms with Crippen LogP contribution in [0.3, 0.4) is 0 Å². The van der Waals surface area contributed by atoms with Crippen LogP contribution in [-0.4, -0.2) is 6.29 Å². The number of carbonyl (C=O) groups excluding carboxylic acids is 1. The minimum atomic E-state index is -0.446. The quantitative estimate of drug-likeness (QED) is 0.0939. The minimum Gasteiger partial charge on any atom is -0.0622 e. The van der Waals surface area contributed by atoms with E-state index in [1.54, 1.807) is 12.1 Å². The van der Waals surface area contributed by atoms with Crippen molar-refractivity contribution >= 4 is 58.0 Å². The Hall–Kier alpha value is -4.27. The molecule has 47 heavy (non-hydrogen) atoms. The maximum absolute atomic E-state index is 10.1. The van der Waals surface area contributed by atoms with E-state index in [4.69, 9.17) is 0 Å². The summed E-state index contributed by atoms with van der Waals surface area (Å²) < 4.78 is 1.03. The first kappa shape index (κ1) is 34.1. The first-order valence-electron chi connectivity index (χ1n) is 15.3. The van der Waals surface area contributed by atoms with E-state index in [1.165, 1.54) is 31.8 Å². The number of hydrogen-bond acceptors (Lipinski definition) is 1. The summed E-state index contributed by atoms with van der Waals surface area (Å²) in [4.78, 5) is 10.1. The van der Waals surface area contributed by atoms with Gasteiger partial charge in [-0.1, -0.05) is 182 Å². The second kappa shape index (κ2) is 18.8. The normalized spacial score (nSPS) is 10.3. The van der Waals surface area contributed by atoms with Crippen LogP contribution < -0.4 is 35.9 Å². The third-order valence-electron chi connectivity index (χ3n) is 7.07. The maximum atomic E-state index is 10.1. The largest absolute Gasteiger partial charge is 0.0622 e. The standard InChI is InChI=1S/2C18H15P.C7H5O.Pd/c2*1-4-10-16(11-5-1)19(17-12-6-2-7-13-17)18-14-8-3-9-15-18;8-6-7-4-2-1-3-5-7;/h2*1-15H;2-6H;. The van der Waals surface area contributed by atoms with Gasteiger partial charge in [0.15, 0.2) is 0 Å². The molecular formula is C43H35OP2Pd. The monoisotopic (exact) mass is 735 g/mol. The predicted molar refractivity (Wildman–Crippen MR) is 202 cm³/mol. The average Bonchev–Trinajstić information content (AvgIpc) is 3.15. The van der Waals surface area contributed by atoms with Gasteiger partial charge in [0.2, 0.25) is 0 Å². The summed E-state index contributed by atoms with van der Waals surface area (Å²) in [6, 6.07) is 71.9. The summed E-state index contributed by atoms with van der Waals surface area (Å²) >= 11 is 3.01. The molecule has 0 radical (unpaired) electrons. The maximum Gasteiger partial charge on any atom is -0.0134 e. The first-order chi connectivity index (χ1) is 23.2. The first-order valence-corrected chi connectivity index (χ1v) is 18.8. The molecule has 0 atom stereocenters. The summed E-state index contributed by atoms with van der Waals surface area (Å²) in [5.41, 5.74) is 0.713. The Labute approximate surface area is 292 Å². The molecular weight excluding hydrogens is 701 g/mol. The minimum absolute atomic E-state index is 0.446. The van der Waals surface area contributed by atoms with Crippen LogP contribution in [0.2, 0.25) is 0 Å². The van der Waals surface area contributed by atoms with Crippen LogP contribution >= 0.6 is 15.8 Å². The van der Waals surface area contributed by atoms with Gasteiger partial charge in [-0.05, 0) is 47.7 Å². The molecule has 0 aliphatic heterocycles. The molecule has 0 aliphatic carbocycles. The molecule has 0 saturated heterocycles. The molecule has 0 fully saturated rings.